The lowest BCUT2D eigenvalue weighted by Crippen LogP contribution is -2.24. The van der Waals surface area contributed by atoms with Gasteiger partial charge in [-0.25, -0.2) is 4.68 Å². The van der Waals surface area contributed by atoms with Crippen molar-refractivity contribution in [3.8, 4) is 11.4 Å². The Bertz CT molecular complexity index is 913. The van der Waals surface area contributed by atoms with Crippen LogP contribution in [0, 0.1) is 6.92 Å². The number of fused-ring (bicyclic) bond motifs is 1. The van der Waals surface area contributed by atoms with Gasteiger partial charge in [-0.15, -0.1) is 0 Å². The Labute approximate surface area is 139 Å². The normalized spacial score (nSPS) is 16.5. The minimum absolute atomic E-state index is 0.0316. The molecule has 1 aliphatic rings. The smallest absolute Gasteiger partial charge is 0.226 e. The number of carbonyl (C=O) groups excluding carboxylic acids is 1. The van der Waals surface area contributed by atoms with Crippen molar-refractivity contribution in [3.63, 3.8) is 0 Å². The number of phenols is 1. The SMILES string of the molecule is Cc1ccccc1-n1ncc2c1NC(=O)CC2c1ccc(O)cc1. The molecule has 2 aromatic carbocycles. The van der Waals surface area contributed by atoms with Gasteiger partial charge in [-0.3, -0.25) is 4.79 Å². The summed E-state index contributed by atoms with van der Waals surface area (Å²) in [6.07, 6.45) is 2.19. The summed E-state index contributed by atoms with van der Waals surface area (Å²) in [6.45, 7) is 2.02. The summed E-state index contributed by atoms with van der Waals surface area (Å²) >= 11 is 0. The first-order valence-electron chi connectivity index (χ1n) is 7.86. The van der Waals surface area contributed by atoms with Crippen molar-refractivity contribution in [1.82, 2.24) is 9.78 Å². The van der Waals surface area contributed by atoms with Gasteiger partial charge in [0.15, 0.2) is 0 Å². The summed E-state index contributed by atoms with van der Waals surface area (Å²) in [5, 5.41) is 17.0. The molecule has 4 rings (SSSR count). The average molecular weight is 319 g/mol. The number of anilines is 1. The molecule has 5 nitrogen and oxygen atoms in total. The first kappa shape index (κ1) is 14.5. The molecule has 1 aliphatic heterocycles. The molecule has 1 aromatic heterocycles. The number of phenolic OH excluding ortho intramolecular Hbond substituents is 1. The second-order valence-electron chi connectivity index (χ2n) is 6.04. The van der Waals surface area contributed by atoms with Gasteiger partial charge in [0.25, 0.3) is 0 Å². The van der Waals surface area contributed by atoms with Gasteiger partial charge >= 0.3 is 0 Å². The number of hydrogen-bond donors (Lipinski definition) is 2. The van der Waals surface area contributed by atoms with Gasteiger partial charge in [0, 0.05) is 17.9 Å². The number of hydrogen-bond acceptors (Lipinski definition) is 3. The van der Waals surface area contributed by atoms with Gasteiger partial charge in [0.2, 0.25) is 5.91 Å². The highest BCUT2D eigenvalue weighted by atomic mass is 16.3. The van der Waals surface area contributed by atoms with E-state index in [0.717, 1.165) is 28.2 Å². The van der Waals surface area contributed by atoms with E-state index in [1.807, 2.05) is 49.5 Å². The Morgan fingerprint density at radius 3 is 2.67 bits per heavy atom. The quantitative estimate of drug-likeness (QED) is 0.761. The Balaban J connectivity index is 1.83. The zero-order chi connectivity index (χ0) is 16.7. The molecule has 1 atom stereocenters. The number of nitrogens with zero attached hydrogens (tertiary/aromatic N) is 2. The lowest BCUT2D eigenvalue weighted by molar-refractivity contribution is -0.116. The highest BCUT2D eigenvalue weighted by Gasteiger charge is 2.30. The van der Waals surface area contributed by atoms with E-state index in [4.69, 9.17) is 0 Å². The van der Waals surface area contributed by atoms with Crippen LogP contribution < -0.4 is 5.32 Å². The van der Waals surface area contributed by atoms with Crippen LogP contribution in [0.5, 0.6) is 5.75 Å². The molecule has 0 radical (unpaired) electrons. The van der Waals surface area contributed by atoms with Crippen LogP contribution in [0.2, 0.25) is 0 Å². The summed E-state index contributed by atoms with van der Waals surface area (Å²) in [7, 11) is 0. The maximum atomic E-state index is 12.2. The first-order chi connectivity index (χ1) is 11.6. The number of nitrogens with one attached hydrogen (secondary N) is 1. The molecule has 120 valence electrons. The highest BCUT2D eigenvalue weighted by molar-refractivity contribution is 5.94. The summed E-state index contributed by atoms with van der Waals surface area (Å²) < 4.78 is 1.79. The van der Waals surface area contributed by atoms with Crippen molar-refractivity contribution < 1.29 is 9.90 Å². The average Bonchev–Trinajstić information content (AvgIpc) is 2.99. The van der Waals surface area contributed by atoms with Gasteiger partial charge in [-0.2, -0.15) is 5.10 Å². The molecular weight excluding hydrogens is 302 g/mol. The molecule has 3 aromatic rings. The van der Waals surface area contributed by atoms with Crippen LogP contribution in [-0.2, 0) is 4.79 Å². The Morgan fingerprint density at radius 1 is 1.17 bits per heavy atom. The van der Waals surface area contributed by atoms with Crippen molar-refractivity contribution in [1.29, 1.82) is 0 Å². The first-order valence-corrected chi connectivity index (χ1v) is 7.86. The molecule has 0 saturated carbocycles. The van der Waals surface area contributed by atoms with E-state index in [0.29, 0.717) is 6.42 Å². The third-order valence-corrected chi connectivity index (χ3v) is 4.46. The van der Waals surface area contributed by atoms with Crippen LogP contribution in [0.3, 0.4) is 0 Å². The summed E-state index contributed by atoms with van der Waals surface area (Å²) in [5.41, 5.74) is 4.02. The van der Waals surface area contributed by atoms with Crippen LogP contribution in [0.4, 0.5) is 5.82 Å². The molecule has 2 heterocycles. The predicted molar refractivity (Wildman–Crippen MR) is 91.5 cm³/mol. The third-order valence-electron chi connectivity index (χ3n) is 4.46. The number of amides is 1. The van der Waals surface area contributed by atoms with Crippen molar-refractivity contribution in [2.45, 2.75) is 19.3 Å². The van der Waals surface area contributed by atoms with Crippen LogP contribution in [0.15, 0.2) is 54.7 Å². The standard InChI is InChI=1S/C19H17N3O2/c1-12-4-2-3-5-17(12)22-19-16(11-20-22)15(10-18(24)21-19)13-6-8-14(23)9-7-13/h2-9,11,15,23H,10H2,1H3,(H,21,24). The van der Waals surface area contributed by atoms with E-state index in [1.165, 1.54) is 0 Å². The molecule has 0 fully saturated rings. The molecule has 5 heteroatoms. The topological polar surface area (TPSA) is 67.2 Å². The minimum Gasteiger partial charge on any atom is -0.508 e. The van der Waals surface area contributed by atoms with Gasteiger partial charge in [0.1, 0.15) is 11.6 Å². The maximum Gasteiger partial charge on any atom is 0.226 e. The lowest BCUT2D eigenvalue weighted by atomic mass is 9.87. The number of para-hydroxylation sites is 1. The zero-order valence-electron chi connectivity index (χ0n) is 13.2. The van der Waals surface area contributed by atoms with E-state index in [-0.39, 0.29) is 17.6 Å². The van der Waals surface area contributed by atoms with Crippen LogP contribution in [-0.4, -0.2) is 20.8 Å². The van der Waals surface area contributed by atoms with Crippen LogP contribution in [0.1, 0.15) is 29.0 Å². The number of aromatic nitrogens is 2. The van der Waals surface area contributed by atoms with E-state index >= 15 is 0 Å². The highest BCUT2D eigenvalue weighted by Crippen LogP contribution is 2.38. The van der Waals surface area contributed by atoms with Gasteiger partial charge in [-0.05, 0) is 36.2 Å². The van der Waals surface area contributed by atoms with Crippen molar-refractivity contribution in [2.24, 2.45) is 0 Å². The zero-order valence-corrected chi connectivity index (χ0v) is 13.2. The molecule has 0 saturated heterocycles. The molecule has 0 aliphatic carbocycles. The Hall–Kier alpha value is -3.08. The summed E-state index contributed by atoms with van der Waals surface area (Å²) in [5.74, 6) is 0.844. The van der Waals surface area contributed by atoms with Crippen LogP contribution in [0.25, 0.3) is 5.69 Å². The molecule has 1 amide bonds. The predicted octanol–water partition coefficient (Wildman–Crippen LogP) is 3.36. The molecule has 2 N–H and O–H groups in total. The fourth-order valence-corrected chi connectivity index (χ4v) is 3.21. The molecule has 0 bridgehead atoms. The van der Waals surface area contributed by atoms with E-state index < -0.39 is 0 Å². The number of aryl methyl sites for hydroxylation is 1. The van der Waals surface area contributed by atoms with Crippen molar-refractivity contribution >= 4 is 11.7 Å². The second-order valence-corrected chi connectivity index (χ2v) is 6.04. The third kappa shape index (κ3) is 2.34. The largest absolute Gasteiger partial charge is 0.508 e. The molecule has 1 unspecified atom stereocenters. The Kier molecular flexibility index (Phi) is 3.34. The molecule has 24 heavy (non-hydrogen) atoms. The fraction of sp³-hybridized carbons (Fsp3) is 0.158. The number of benzene rings is 2. The number of carbonyl (C=O) groups is 1. The van der Waals surface area contributed by atoms with Gasteiger partial charge in [-0.1, -0.05) is 30.3 Å². The summed E-state index contributed by atoms with van der Waals surface area (Å²) in [4.78, 5) is 12.2. The lowest BCUT2D eigenvalue weighted by Gasteiger charge is -2.24. The fourth-order valence-electron chi connectivity index (χ4n) is 3.21. The van der Waals surface area contributed by atoms with E-state index in [2.05, 4.69) is 10.4 Å². The molecular formula is C19H17N3O2. The minimum atomic E-state index is -0.0629. The van der Waals surface area contributed by atoms with Gasteiger partial charge < -0.3 is 10.4 Å². The van der Waals surface area contributed by atoms with Crippen LogP contribution >= 0.6 is 0 Å². The van der Waals surface area contributed by atoms with E-state index in [9.17, 15) is 9.90 Å². The number of rotatable bonds is 2. The Morgan fingerprint density at radius 2 is 1.92 bits per heavy atom. The van der Waals surface area contributed by atoms with E-state index in [1.54, 1.807) is 16.8 Å². The molecule has 0 spiro atoms. The van der Waals surface area contributed by atoms with Gasteiger partial charge in [0.05, 0.1) is 11.9 Å². The maximum absolute atomic E-state index is 12.2. The monoisotopic (exact) mass is 319 g/mol. The second kappa shape index (κ2) is 5.53. The number of aromatic hydroxyl groups is 1. The van der Waals surface area contributed by atoms with Crippen molar-refractivity contribution in [3.05, 3.63) is 71.4 Å². The summed E-state index contributed by atoms with van der Waals surface area (Å²) in [6, 6.07) is 14.9. The van der Waals surface area contributed by atoms with Crippen molar-refractivity contribution in [2.75, 3.05) is 5.32 Å².